The van der Waals surface area contributed by atoms with Crippen molar-refractivity contribution in [3.63, 3.8) is 0 Å². The fraction of sp³-hybridized carbons (Fsp3) is 0.480. The van der Waals surface area contributed by atoms with Crippen LogP contribution >= 0.6 is 11.8 Å². The molecule has 7 heteroatoms. The average molecular weight is 456 g/mol. The van der Waals surface area contributed by atoms with Crippen LogP contribution in [0.4, 0.5) is 0 Å². The van der Waals surface area contributed by atoms with Gasteiger partial charge in [0.2, 0.25) is 6.79 Å². The lowest BCUT2D eigenvalue weighted by Gasteiger charge is -2.38. The van der Waals surface area contributed by atoms with Crippen LogP contribution in [-0.2, 0) is 14.9 Å². The van der Waals surface area contributed by atoms with E-state index in [-0.39, 0.29) is 24.2 Å². The Hall–Kier alpha value is -2.22. The maximum Gasteiger partial charge on any atom is 0.252 e. The van der Waals surface area contributed by atoms with Gasteiger partial charge in [-0.05, 0) is 55.5 Å². The minimum absolute atomic E-state index is 0.0351. The second-order valence-corrected chi connectivity index (χ2v) is 9.65. The summed E-state index contributed by atoms with van der Waals surface area (Å²) in [5.74, 6) is 2.39. The van der Waals surface area contributed by atoms with Gasteiger partial charge in [-0.25, -0.2) is 0 Å². The fourth-order valence-electron chi connectivity index (χ4n) is 4.64. The minimum Gasteiger partial charge on any atom is -0.454 e. The van der Waals surface area contributed by atoms with Crippen molar-refractivity contribution in [3.8, 4) is 11.5 Å². The number of carbonyl (C=O) groups is 1. The van der Waals surface area contributed by atoms with Crippen molar-refractivity contribution in [1.82, 2.24) is 5.32 Å². The summed E-state index contributed by atoms with van der Waals surface area (Å²) in [5, 5.41) is 3.23. The molecule has 0 radical (unpaired) electrons. The minimum atomic E-state index is -0.186. The Morgan fingerprint density at radius 1 is 1.06 bits per heavy atom. The van der Waals surface area contributed by atoms with Gasteiger partial charge in [0.15, 0.2) is 11.5 Å². The van der Waals surface area contributed by atoms with E-state index >= 15 is 0 Å². The molecule has 1 atom stereocenters. The van der Waals surface area contributed by atoms with Gasteiger partial charge in [-0.15, -0.1) is 11.8 Å². The van der Waals surface area contributed by atoms with Crippen molar-refractivity contribution in [2.45, 2.75) is 42.1 Å². The Balaban J connectivity index is 1.30. The van der Waals surface area contributed by atoms with E-state index in [1.165, 1.54) is 0 Å². The molecule has 6 nitrogen and oxygen atoms in total. The summed E-state index contributed by atoms with van der Waals surface area (Å²) >= 11 is 1.71. The van der Waals surface area contributed by atoms with E-state index in [0.29, 0.717) is 19.8 Å². The SMILES string of the molecule is O=C(NCC1(c2ccc3c(c2)OCO3)CCOCC1)c1ccccc1SCC1CCCO1. The van der Waals surface area contributed by atoms with E-state index in [9.17, 15) is 4.79 Å². The van der Waals surface area contributed by atoms with Crippen LogP contribution in [0.15, 0.2) is 47.4 Å². The molecular weight excluding hydrogens is 426 g/mol. The highest BCUT2D eigenvalue weighted by molar-refractivity contribution is 7.99. The second kappa shape index (κ2) is 9.73. The van der Waals surface area contributed by atoms with Crippen LogP contribution in [-0.4, -0.2) is 50.9 Å². The maximum atomic E-state index is 13.2. The van der Waals surface area contributed by atoms with Crippen LogP contribution in [0.5, 0.6) is 11.5 Å². The predicted molar refractivity (Wildman–Crippen MR) is 123 cm³/mol. The van der Waals surface area contributed by atoms with Gasteiger partial charge in [0.25, 0.3) is 5.91 Å². The molecule has 0 spiro atoms. The van der Waals surface area contributed by atoms with Crippen molar-refractivity contribution in [2.75, 3.05) is 38.9 Å². The smallest absolute Gasteiger partial charge is 0.252 e. The summed E-state index contributed by atoms with van der Waals surface area (Å²) in [6.07, 6.45) is 4.21. The normalized spacial score (nSPS) is 21.4. The standard InChI is InChI=1S/C25H29NO5S/c27-24(20-5-1-2-6-23(20)32-15-19-4-3-11-29-19)26-16-25(9-12-28-13-10-25)18-7-8-21-22(14-18)31-17-30-21/h1-2,5-8,14,19H,3-4,9-13,15-17H2,(H,26,27). The third-order valence-electron chi connectivity index (χ3n) is 6.60. The van der Waals surface area contributed by atoms with Crippen molar-refractivity contribution in [3.05, 3.63) is 53.6 Å². The molecule has 3 aliphatic heterocycles. The van der Waals surface area contributed by atoms with Gasteiger partial charge < -0.3 is 24.3 Å². The summed E-state index contributed by atoms with van der Waals surface area (Å²) in [6.45, 7) is 3.01. The first kappa shape index (κ1) is 21.6. The topological polar surface area (TPSA) is 66.0 Å². The van der Waals surface area contributed by atoms with E-state index in [2.05, 4.69) is 17.4 Å². The molecule has 170 valence electrons. The molecule has 1 amide bonds. The Morgan fingerprint density at radius 3 is 2.75 bits per heavy atom. The molecule has 32 heavy (non-hydrogen) atoms. The van der Waals surface area contributed by atoms with Crippen LogP contribution in [0, 0.1) is 0 Å². The molecule has 3 heterocycles. The summed E-state index contributed by atoms with van der Waals surface area (Å²) in [6, 6.07) is 14.0. The monoisotopic (exact) mass is 455 g/mol. The second-order valence-electron chi connectivity index (χ2n) is 8.59. The summed E-state index contributed by atoms with van der Waals surface area (Å²) in [5.41, 5.74) is 1.70. The highest BCUT2D eigenvalue weighted by Crippen LogP contribution is 2.40. The molecule has 5 rings (SSSR count). The third kappa shape index (κ3) is 4.60. The van der Waals surface area contributed by atoms with Gasteiger partial charge >= 0.3 is 0 Å². The van der Waals surface area contributed by atoms with Gasteiger partial charge in [-0.2, -0.15) is 0 Å². The highest BCUT2D eigenvalue weighted by atomic mass is 32.2. The van der Waals surface area contributed by atoms with Gasteiger partial charge in [0.1, 0.15) is 0 Å². The molecule has 0 saturated carbocycles. The van der Waals surface area contributed by atoms with Crippen LogP contribution in [0.3, 0.4) is 0 Å². The number of amides is 1. The van der Waals surface area contributed by atoms with Gasteiger partial charge in [0.05, 0.1) is 11.7 Å². The first-order valence-electron chi connectivity index (χ1n) is 11.3. The lowest BCUT2D eigenvalue weighted by Crippen LogP contribution is -2.44. The first-order valence-corrected chi connectivity index (χ1v) is 12.3. The Labute approximate surface area is 193 Å². The van der Waals surface area contributed by atoms with Crippen molar-refractivity contribution < 1.29 is 23.7 Å². The Morgan fingerprint density at radius 2 is 1.91 bits per heavy atom. The molecule has 2 aromatic carbocycles. The Kier molecular flexibility index (Phi) is 6.57. The number of carbonyl (C=O) groups excluding carboxylic acids is 1. The van der Waals surface area contributed by atoms with Gasteiger partial charge in [-0.1, -0.05) is 18.2 Å². The number of hydrogen-bond acceptors (Lipinski definition) is 6. The zero-order chi connectivity index (χ0) is 21.8. The zero-order valence-electron chi connectivity index (χ0n) is 18.1. The van der Waals surface area contributed by atoms with E-state index < -0.39 is 0 Å². The van der Waals surface area contributed by atoms with Gasteiger partial charge in [0, 0.05) is 42.4 Å². The largest absolute Gasteiger partial charge is 0.454 e. The summed E-state index contributed by atoms with van der Waals surface area (Å²) < 4.78 is 22.5. The van der Waals surface area contributed by atoms with Crippen LogP contribution in [0.2, 0.25) is 0 Å². The number of ether oxygens (including phenoxy) is 4. The van der Waals surface area contributed by atoms with Crippen molar-refractivity contribution in [2.24, 2.45) is 0 Å². The van der Waals surface area contributed by atoms with Crippen LogP contribution in [0.25, 0.3) is 0 Å². The number of nitrogens with one attached hydrogen (secondary N) is 1. The third-order valence-corrected chi connectivity index (χ3v) is 7.81. The number of rotatable bonds is 7. The molecule has 0 aliphatic carbocycles. The number of benzene rings is 2. The Bertz CT molecular complexity index is 953. The van der Waals surface area contributed by atoms with Gasteiger partial charge in [-0.3, -0.25) is 4.79 Å². The number of fused-ring (bicyclic) bond motifs is 1. The average Bonchev–Trinajstić information content (AvgIpc) is 3.53. The first-order chi connectivity index (χ1) is 15.7. The molecule has 2 fully saturated rings. The van der Waals surface area contributed by atoms with E-state index in [0.717, 1.165) is 65.6 Å². The molecule has 0 bridgehead atoms. The molecular formula is C25H29NO5S. The van der Waals surface area contributed by atoms with E-state index in [1.54, 1.807) is 11.8 Å². The maximum absolute atomic E-state index is 13.2. The molecule has 1 unspecified atom stereocenters. The lowest BCUT2D eigenvalue weighted by atomic mass is 9.74. The number of hydrogen-bond donors (Lipinski definition) is 1. The van der Waals surface area contributed by atoms with Crippen molar-refractivity contribution >= 4 is 17.7 Å². The fourth-order valence-corrected chi connectivity index (χ4v) is 5.76. The van der Waals surface area contributed by atoms with E-state index in [4.69, 9.17) is 18.9 Å². The number of thioether (sulfide) groups is 1. The predicted octanol–water partition coefficient (Wildman–Crippen LogP) is 4.16. The highest BCUT2D eigenvalue weighted by Gasteiger charge is 2.36. The lowest BCUT2D eigenvalue weighted by molar-refractivity contribution is 0.0486. The zero-order valence-corrected chi connectivity index (χ0v) is 19.0. The molecule has 0 aromatic heterocycles. The molecule has 2 saturated heterocycles. The molecule has 1 N–H and O–H groups in total. The quantitative estimate of drug-likeness (QED) is 0.633. The molecule has 3 aliphatic rings. The van der Waals surface area contributed by atoms with E-state index in [1.807, 2.05) is 30.3 Å². The van der Waals surface area contributed by atoms with Crippen LogP contribution < -0.4 is 14.8 Å². The van der Waals surface area contributed by atoms with Crippen LogP contribution in [0.1, 0.15) is 41.6 Å². The van der Waals surface area contributed by atoms with Crippen molar-refractivity contribution in [1.29, 1.82) is 0 Å². The molecule has 2 aromatic rings. The summed E-state index contributed by atoms with van der Waals surface area (Å²) in [4.78, 5) is 14.2. The summed E-state index contributed by atoms with van der Waals surface area (Å²) in [7, 11) is 0.